The maximum Gasteiger partial charge on any atom is 0.258 e. The molecular weight excluding hydrogens is 336 g/mol. The van der Waals surface area contributed by atoms with Gasteiger partial charge in [-0.3, -0.25) is 4.79 Å². The largest absolute Gasteiger partial charge is 0.332 e. The quantitative estimate of drug-likeness (QED) is 0.771. The van der Waals surface area contributed by atoms with Gasteiger partial charge in [0, 0.05) is 5.56 Å². The first kappa shape index (κ1) is 17.5. The van der Waals surface area contributed by atoms with Crippen LogP contribution < -0.4 is 4.90 Å². The van der Waals surface area contributed by atoms with Gasteiger partial charge >= 0.3 is 0 Å². The normalized spacial score (nSPS) is 15.1. The Morgan fingerprint density at radius 1 is 1.00 bits per heavy atom. The first-order valence-corrected chi connectivity index (χ1v) is 9.59. The van der Waals surface area contributed by atoms with E-state index < -0.39 is 0 Å². The zero-order valence-corrected chi connectivity index (χ0v) is 15.6. The first-order chi connectivity index (χ1) is 13.3. The molecule has 5 nitrogen and oxygen atoms in total. The molecule has 0 atom stereocenters. The maximum atomic E-state index is 13.3. The van der Waals surface area contributed by atoms with E-state index in [0.717, 1.165) is 49.7 Å². The third kappa shape index (κ3) is 3.51. The summed E-state index contributed by atoms with van der Waals surface area (Å²) in [5.74, 6) is 0.0752. The van der Waals surface area contributed by atoms with Gasteiger partial charge in [-0.25, -0.2) is 4.68 Å². The average Bonchev–Trinajstić information content (AvgIpc) is 3.19. The minimum atomic E-state index is 0.0752. The second-order valence-electron chi connectivity index (χ2n) is 6.92. The lowest BCUT2D eigenvalue weighted by molar-refractivity contribution is -0.902. The molecule has 0 aliphatic carbocycles. The van der Waals surface area contributed by atoms with E-state index in [1.54, 1.807) is 11.1 Å². The second-order valence-corrected chi connectivity index (χ2v) is 6.92. The van der Waals surface area contributed by atoms with E-state index in [4.69, 9.17) is 0 Å². The summed E-state index contributed by atoms with van der Waals surface area (Å²) in [6, 6.07) is 20.0. The van der Waals surface area contributed by atoms with Gasteiger partial charge in [-0.15, -0.1) is 0 Å². The Balaban J connectivity index is 1.73. The molecule has 0 saturated carbocycles. The Labute approximate surface area is 159 Å². The molecule has 27 heavy (non-hydrogen) atoms. The van der Waals surface area contributed by atoms with Crippen molar-refractivity contribution in [2.45, 2.75) is 6.92 Å². The summed E-state index contributed by atoms with van der Waals surface area (Å²) in [6.45, 7) is 6.93. The number of amides is 1. The predicted octanol–water partition coefficient (Wildman–Crippen LogP) is 1.90. The fourth-order valence-electron chi connectivity index (χ4n) is 3.69. The molecule has 0 spiro atoms. The number of aromatic nitrogens is 2. The van der Waals surface area contributed by atoms with Crippen molar-refractivity contribution in [2.75, 3.05) is 32.7 Å². The summed E-state index contributed by atoms with van der Waals surface area (Å²) < 4.78 is 1.87. The van der Waals surface area contributed by atoms with Crippen molar-refractivity contribution in [3.8, 4) is 16.9 Å². The van der Waals surface area contributed by atoms with Gasteiger partial charge < -0.3 is 9.80 Å². The molecular formula is C22H25N4O+. The summed E-state index contributed by atoms with van der Waals surface area (Å²) in [6.07, 6.45) is 1.72. The van der Waals surface area contributed by atoms with Crippen LogP contribution in [-0.4, -0.2) is 53.3 Å². The van der Waals surface area contributed by atoms with Crippen LogP contribution in [0.2, 0.25) is 0 Å². The Hall–Kier alpha value is -2.92. The fourth-order valence-corrected chi connectivity index (χ4v) is 3.69. The number of carbonyl (C=O) groups excluding carboxylic acids is 1. The van der Waals surface area contributed by atoms with Crippen molar-refractivity contribution in [1.82, 2.24) is 14.7 Å². The number of benzene rings is 2. The number of likely N-dealkylation sites (N-methyl/N-ethyl adjacent to an activating group) is 1. The van der Waals surface area contributed by atoms with Crippen LogP contribution in [0.1, 0.15) is 17.3 Å². The molecule has 0 radical (unpaired) electrons. The molecule has 3 aromatic rings. The van der Waals surface area contributed by atoms with Crippen molar-refractivity contribution in [2.24, 2.45) is 0 Å². The van der Waals surface area contributed by atoms with Crippen molar-refractivity contribution in [1.29, 1.82) is 0 Å². The van der Waals surface area contributed by atoms with Crippen molar-refractivity contribution in [3.05, 3.63) is 72.4 Å². The van der Waals surface area contributed by atoms with Gasteiger partial charge in [0.25, 0.3) is 5.91 Å². The minimum Gasteiger partial charge on any atom is -0.332 e. The van der Waals surface area contributed by atoms with E-state index >= 15 is 0 Å². The van der Waals surface area contributed by atoms with Crippen molar-refractivity contribution < 1.29 is 9.69 Å². The highest BCUT2D eigenvalue weighted by molar-refractivity contribution is 6.00. The lowest BCUT2D eigenvalue weighted by Crippen LogP contribution is -3.14. The molecule has 5 heteroatoms. The molecule has 0 bridgehead atoms. The highest BCUT2D eigenvalue weighted by atomic mass is 16.2. The topological polar surface area (TPSA) is 42.6 Å². The van der Waals surface area contributed by atoms with Crippen molar-refractivity contribution in [3.63, 3.8) is 0 Å². The molecule has 4 rings (SSSR count). The third-order valence-corrected chi connectivity index (χ3v) is 5.31. The summed E-state index contributed by atoms with van der Waals surface area (Å²) in [7, 11) is 0. The fraction of sp³-hybridized carbons (Fsp3) is 0.273. The molecule has 1 N–H and O–H groups in total. The van der Waals surface area contributed by atoms with Gasteiger partial charge in [0.1, 0.15) is 0 Å². The minimum absolute atomic E-state index is 0.0752. The molecule has 1 aliphatic heterocycles. The Morgan fingerprint density at radius 3 is 2.26 bits per heavy atom. The average molecular weight is 361 g/mol. The highest BCUT2D eigenvalue weighted by Crippen LogP contribution is 2.27. The summed E-state index contributed by atoms with van der Waals surface area (Å²) in [5.41, 5.74) is 3.48. The molecule has 0 unspecified atom stereocenters. The number of nitrogens with zero attached hydrogens (tertiary/aromatic N) is 3. The standard InChI is InChI=1S/C22H24N4O/c1-2-24-13-15-25(16-14-24)22(27)20-17-23-26(19-11-7-4-8-12-19)21(20)18-9-5-3-6-10-18/h3-12,17H,2,13-16H2,1H3/p+1. The van der Waals surface area contributed by atoms with Crippen LogP contribution in [0.15, 0.2) is 66.9 Å². The van der Waals surface area contributed by atoms with Gasteiger partial charge in [0.15, 0.2) is 0 Å². The van der Waals surface area contributed by atoms with Gasteiger partial charge in [-0.05, 0) is 19.1 Å². The van der Waals surface area contributed by atoms with Crippen LogP contribution in [-0.2, 0) is 0 Å². The summed E-state index contributed by atoms with van der Waals surface area (Å²) in [4.78, 5) is 16.8. The number of quaternary nitrogens is 1. The van der Waals surface area contributed by atoms with Gasteiger partial charge in [0.05, 0.1) is 55.9 Å². The Morgan fingerprint density at radius 2 is 1.63 bits per heavy atom. The number of hydrogen-bond donors (Lipinski definition) is 1. The molecule has 1 aliphatic rings. The lowest BCUT2D eigenvalue weighted by atomic mass is 10.1. The number of carbonyl (C=O) groups is 1. The van der Waals surface area contributed by atoms with Crippen LogP contribution in [0.4, 0.5) is 0 Å². The third-order valence-electron chi connectivity index (χ3n) is 5.31. The van der Waals surface area contributed by atoms with Crippen molar-refractivity contribution >= 4 is 5.91 Å². The molecule has 2 aromatic carbocycles. The molecule has 1 aromatic heterocycles. The molecule has 1 saturated heterocycles. The SMILES string of the molecule is CC[NH+]1CCN(C(=O)c2cnn(-c3ccccc3)c2-c2ccccc2)CC1. The Kier molecular flexibility index (Phi) is 5.03. The van der Waals surface area contributed by atoms with Gasteiger partial charge in [-0.1, -0.05) is 48.5 Å². The van der Waals surface area contributed by atoms with Crippen LogP contribution in [0.3, 0.4) is 0 Å². The number of piperazine rings is 1. The predicted molar refractivity (Wildman–Crippen MR) is 106 cm³/mol. The zero-order valence-electron chi connectivity index (χ0n) is 15.6. The van der Waals surface area contributed by atoms with Crippen LogP contribution in [0, 0.1) is 0 Å². The van der Waals surface area contributed by atoms with E-state index in [1.165, 1.54) is 0 Å². The highest BCUT2D eigenvalue weighted by Gasteiger charge is 2.28. The number of para-hydroxylation sites is 1. The smallest absolute Gasteiger partial charge is 0.258 e. The summed E-state index contributed by atoms with van der Waals surface area (Å²) >= 11 is 0. The van der Waals surface area contributed by atoms with Crippen LogP contribution in [0.25, 0.3) is 16.9 Å². The second kappa shape index (κ2) is 7.76. The Bertz CT molecular complexity index is 897. The number of rotatable bonds is 4. The van der Waals surface area contributed by atoms with Gasteiger partial charge in [0.2, 0.25) is 0 Å². The van der Waals surface area contributed by atoms with E-state index in [9.17, 15) is 4.79 Å². The molecule has 138 valence electrons. The molecule has 1 amide bonds. The monoisotopic (exact) mass is 361 g/mol. The van der Waals surface area contributed by atoms with E-state index in [-0.39, 0.29) is 5.91 Å². The number of nitrogens with one attached hydrogen (secondary N) is 1. The van der Waals surface area contributed by atoms with E-state index in [1.807, 2.05) is 70.2 Å². The van der Waals surface area contributed by atoms with E-state index in [0.29, 0.717) is 5.56 Å². The maximum absolute atomic E-state index is 13.3. The first-order valence-electron chi connectivity index (χ1n) is 9.59. The molecule has 2 heterocycles. The number of hydrogen-bond acceptors (Lipinski definition) is 2. The van der Waals surface area contributed by atoms with Crippen LogP contribution >= 0.6 is 0 Å². The molecule has 1 fully saturated rings. The lowest BCUT2D eigenvalue weighted by Gasteiger charge is -2.31. The van der Waals surface area contributed by atoms with Gasteiger partial charge in [-0.2, -0.15) is 5.10 Å². The zero-order chi connectivity index (χ0) is 18.6. The summed E-state index contributed by atoms with van der Waals surface area (Å²) in [5, 5.41) is 4.57. The van der Waals surface area contributed by atoms with E-state index in [2.05, 4.69) is 12.0 Å². The van der Waals surface area contributed by atoms with Crippen LogP contribution in [0.5, 0.6) is 0 Å².